The summed E-state index contributed by atoms with van der Waals surface area (Å²) in [5.41, 5.74) is 3.10. The molecule has 2 rings (SSSR count). The number of aryl methyl sites for hydroxylation is 1. The molecule has 1 heteroatoms. The zero-order valence-corrected chi connectivity index (χ0v) is 14.4. The van der Waals surface area contributed by atoms with E-state index in [1.165, 1.54) is 63.4 Å². The van der Waals surface area contributed by atoms with Gasteiger partial charge in [0.1, 0.15) is 5.75 Å². The Bertz CT molecular complexity index is 443. The van der Waals surface area contributed by atoms with Gasteiger partial charge in [-0.15, -0.1) is 0 Å². The molecule has 1 aromatic carbocycles. The number of ether oxygens (including phenoxy) is 1. The summed E-state index contributed by atoms with van der Waals surface area (Å²) < 4.78 is 5.21. The molecule has 1 aliphatic carbocycles. The molecule has 0 fully saturated rings. The average Bonchev–Trinajstić information content (AvgIpc) is 2.58. The molecule has 0 bridgehead atoms. The van der Waals surface area contributed by atoms with Crippen LogP contribution < -0.4 is 4.74 Å². The standard InChI is InChI=1S/C21H32O/c1-3-4-5-6-7-18-8-10-19(11-9-18)12-13-20-14-16-21(22-2)17-15-20/h10,14-18H,3-9,11-13H2,1-2H3. The van der Waals surface area contributed by atoms with Gasteiger partial charge in [0, 0.05) is 0 Å². The molecule has 0 heterocycles. The second-order valence-corrected chi connectivity index (χ2v) is 6.70. The third-order valence-corrected chi connectivity index (χ3v) is 4.97. The van der Waals surface area contributed by atoms with Crippen LogP contribution in [0.2, 0.25) is 0 Å². The Balaban J connectivity index is 1.67. The summed E-state index contributed by atoms with van der Waals surface area (Å²) in [4.78, 5) is 0. The predicted octanol–water partition coefficient (Wildman–Crippen LogP) is 6.32. The van der Waals surface area contributed by atoms with Crippen LogP contribution in [0, 0.1) is 5.92 Å². The fourth-order valence-corrected chi connectivity index (χ4v) is 3.39. The van der Waals surface area contributed by atoms with E-state index in [0.717, 1.165) is 18.1 Å². The predicted molar refractivity (Wildman–Crippen MR) is 95.5 cm³/mol. The van der Waals surface area contributed by atoms with Crippen LogP contribution in [0.15, 0.2) is 35.9 Å². The lowest BCUT2D eigenvalue weighted by molar-refractivity contribution is 0.411. The van der Waals surface area contributed by atoms with Gasteiger partial charge in [-0.25, -0.2) is 0 Å². The minimum Gasteiger partial charge on any atom is -0.497 e. The Hall–Kier alpha value is -1.24. The van der Waals surface area contributed by atoms with Crippen molar-refractivity contribution in [3.63, 3.8) is 0 Å². The smallest absolute Gasteiger partial charge is 0.118 e. The van der Waals surface area contributed by atoms with Gasteiger partial charge in [0.2, 0.25) is 0 Å². The van der Waals surface area contributed by atoms with Crippen LogP contribution in [-0.4, -0.2) is 7.11 Å². The normalized spacial score (nSPS) is 18.1. The lowest BCUT2D eigenvalue weighted by Crippen LogP contribution is -2.06. The molecule has 1 atom stereocenters. The monoisotopic (exact) mass is 300 g/mol. The molecule has 0 N–H and O–H groups in total. The van der Waals surface area contributed by atoms with Crippen LogP contribution in [0.3, 0.4) is 0 Å². The highest BCUT2D eigenvalue weighted by molar-refractivity contribution is 5.27. The zero-order valence-electron chi connectivity index (χ0n) is 14.4. The first-order valence-corrected chi connectivity index (χ1v) is 9.12. The fourth-order valence-electron chi connectivity index (χ4n) is 3.39. The Kier molecular flexibility index (Phi) is 7.56. The van der Waals surface area contributed by atoms with E-state index in [1.807, 2.05) is 0 Å². The molecule has 0 saturated carbocycles. The minimum atomic E-state index is 0.951. The molecule has 0 aliphatic heterocycles. The highest BCUT2D eigenvalue weighted by atomic mass is 16.5. The molecular weight excluding hydrogens is 268 g/mol. The summed E-state index contributed by atoms with van der Waals surface area (Å²) in [7, 11) is 1.72. The second kappa shape index (κ2) is 9.71. The highest BCUT2D eigenvalue weighted by Crippen LogP contribution is 2.30. The van der Waals surface area contributed by atoms with Crippen molar-refractivity contribution in [2.75, 3.05) is 7.11 Å². The Morgan fingerprint density at radius 3 is 2.50 bits per heavy atom. The topological polar surface area (TPSA) is 9.23 Å². The lowest BCUT2D eigenvalue weighted by Gasteiger charge is -2.22. The molecule has 22 heavy (non-hydrogen) atoms. The van der Waals surface area contributed by atoms with Crippen LogP contribution >= 0.6 is 0 Å². The van der Waals surface area contributed by atoms with Gasteiger partial charge in [0.05, 0.1) is 7.11 Å². The molecule has 0 amide bonds. The number of rotatable bonds is 9. The summed E-state index contributed by atoms with van der Waals surface area (Å²) >= 11 is 0. The Labute approximate surface area is 136 Å². The minimum absolute atomic E-state index is 0.951. The van der Waals surface area contributed by atoms with Gasteiger partial charge in [0.25, 0.3) is 0 Å². The number of hydrogen-bond acceptors (Lipinski definition) is 1. The number of benzene rings is 1. The summed E-state index contributed by atoms with van der Waals surface area (Å²) in [6.07, 6.45) is 16.1. The second-order valence-electron chi connectivity index (χ2n) is 6.70. The number of hydrogen-bond donors (Lipinski definition) is 0. The van der Waals surface area contributed by atoms with Crippen LogP contribution in [0.5, 0.6) is 5.75 Å². The zero-order chi connectivity index (χ0) is 15.6. The largest absolute Gasteiger partial charge is 0.497 e. The van der Waals surface area contributed by atoms with E-state index < -0.39 is 0 Å². The first-order chi connectivity index (χ1) is 10.8. The van der Waals surface area contributed by atoms with Crippen molar-refractivity contribution in [1.29, 1.82) is 0 Å². The van der Waals surface area contributed by atoms with E-state index in [2.05, 4.69) is 37.3 Å². The molecule has 0 radical (unpaired) electrons. The van der Waals surface area contributed by atoms with E-state index in [1.54, 1.807) is 12.7 Å². The fraction of sp³-hybridized carbons (Fsp3) is 0.619. The van der Waals surface area contributed by atoms with Gasteiger partial charge >= 0.3 is 0 Å². The van der Waals surface area contributed by atoms with Crippen LogP contribution in [0.25, 0.3) is 0 Å². The first-order valence-electron chi connectivity index (χ1n) is 9.12. The number of methoxy groups -OCH3 is 1. The molecule has 1 nitrogen and oxygen atoms in total. The van der Waals surface area contributed by atoms with E-state index in [9.17, 15) is 0 Å². The van der Waals surface area contributed by atoms with Crippen LogP contribution in [-0.2, 0) is 6.42 Å². The maximum Gasteiger partial charge on any atom is 0.118 e. The molecule has 0 spiro atoms. The quantitative estimate of drug-likeness (QED) is 0.383. The molecule has 0 saturated heterocycles. The van der Waals surface area contributed by atoms with E-state index in [0.29, 0.717) is 0 Å². The van der Waals surface area contributed by atoms with Crippen molar-refractivity contribution in [3.8, 4) is 5.75 Å². The van der Waals surface area contributed by atoms with Gasteiger partial charge in [0.15, 0.2) is 0 Å². The van der Waals surface area contributed by atoms with Gasteiger partial charge in [-0.3, -0.25) is 0 Å². The molecule has 1 aliphatic rings. The summed E-state index contributed by atoms with van der Waals surface area (Å²) in [6, 6.07) is 8.52. The lowest BCUT2D eigenvalue weighted by atomic mass is 9.84. The molecular formula is C21H32O. The first kappa shape index (κ1) is 17.1. The molecule has 1 unspecified atom stereocenters. The van der Waals surface area contributed by atoms with Crippen molar-refractivity contribution in [2.45, 2.75) is 71.1 Å². The van der Waals surface area contributed by atoms with E-state index >= 15 is 0 Å². The number of unbranched alkanes of at least 4 members (excludes halogenated alkanes) is 3. The van der Waals surface area contributed by atoms with Crippen molar-refractivity contribution in [2.24, 2.45) is 5.92 Å². The molecule has 0 aromatic heterocycles. The summed E-state index contributed by atoms with van der Waals surface area (Å²) in [5, 5.41) is 0. The Morgan fingerprint density at radius 1 is 1.05 bits per heavy atom. The number of allylic oxidation sites excluding steroid dienone is 2. The van der Waals surface area contributed by atoms with Gasteiger partial charge in [-0.2, -0.15) is 0 Å². The average molecular weight is 300 g/mol. The maximum atomic E-state index is 5.21. The van der Waals surface area contributed by atoms with Gasteiger partial charge in [-0.1, -0.05) is 62.8 Å². The summed E-state index contributed by atoms with van der Waals surface area (Å²) in [5.74, 6) is 1.91. The molecule has 1 aromatic rings. The van der Waals surface area contributed by atoms with Crippen LogP contribution in [0.4, 0.5) is 0 Å². The van der Waals surface area contributed by atoms with E-state index in [-0.39, 0.29) is 0 Å². The third kappa shape index (κ3) is 5.87. The highest BCUT2D eigenvalue weighted by Gasteiger charge is 2.14. The SMILES string of the molecule is CCCCCCC1CC=C(CCc2ccc(OC)cc2)CC1. The van der Waals surface area contributed by atoms with Crippen molar-refractivity contribution < 1.29 is 4.74 Å². The maximum absolute atomic E-state index is 5.21. The summed E-state index contributed by atoms with van der Waals surface area (Å²) in [6.45, 7) is 2.29. The van der Waals surface area contributed by atoms with E-state index in [4.69, 9.17) is 4.74 Å². The van der Waals surface area contributed by atoms with Gasteiger partial charge < -0.3 is 4.74 Å². The Morgan fingerprint density at radius 2 is 1.86 bits per heavy atom. The van der Waals surface area contributed by atoms with Crippen LogP contribution in [0.1, 0.15) is 70.3 Å². The van der Waals surface area contributed by atoms with Crippen molar-refractivity contribution in [1.82, 2.24) is 0 Å². The van der Waals surface area contributed by atoms with Crippen molar-refractivity contribution in [3.05, 3.63) is 41.5 Å². The van der Waals surface area contributed by atoms with Crippen molar-refractivity contribution >= 4 is 0 Å². The third-order valence-electron chi connectivity index (χ3n) is 4.97. The molecule has 122 valence electrons. The van der Waals surface area contributed by atoms with Gasteiger partial charge in [-0.05, 0) is 55.7 Å².